The summed E-state index contributed by atoms with van der Waals surface area (Å²) >= 11 is 0. The lowest BCUT2D eigenvalue weighted by Crippen LogP contribution is -2.39. The van der Waals surface area contributed by atoms with Crippen LogP contribution in [0.3, 0.4) is 0 Å². The fourth-order valence-corrected chi connectivity index (χ4v) is 2.98. The van der Waals surface area contributed by atoms with E-state index in [0.717, 1.165) is 43.5 Å². The van der Waals surface area contributed by atoms with E-state index < -0.39 is 0 Å². The minimum Gasteiger partial charge on any atom is -0.493 e. The first-order valence-corrected chi connectivity index (χ1v) is 8.31. The summed E-state index contributed by atoms with van der Waals surface area (Å²) < 4.78 is 5.82. The van der Waals surface area contributed by atoms with Gasteiger partial charge in [-0.25, -0.2) is 0 Å². The van der Waals surface area contributed by atoms with Crippen molar-refractivity contribution < 1.29 is 9.53 Å². The number of amides is 1. The van der Waals surface area contributed by atoms with Gasteiger partial charge in [0.2, 0.25) is 5.91 Å². The Kier molecular flexibility index (Phi) is 6.25. The van der Waals surface area contributed by atoms with Crippen LogP contribution in [0.4, 0.5) is 0 Å². The number of ether oxygens (including phenoxy) is 1. The molecule has 2 rings (SSSR count). The fourth-order valence-electron chi connectivity index (χ4n) is 2.98. The second kappa shape index (κ2) is 8.18. The lowest BCUT2D eigenvalue weighted by Gasteiger charge is -2.23. The maximum atomic E-state index is 12.2. The maximum absolute atomic E-state index is 12.2. The summed E-state index contributed by atoms with van der Waals surface area (Å²) in [6.07, 6.45) is 4.52. The number of carbonyl (C=O) groups is 1. The number of likely N-dealkylation sites (tertiary alicyclic amines) is 1. The van der Waals surface area contributed by atoms with E-state index in [0.29, 0.717) is 19.6 Å². The van der Waals surface area contributed by atoms with Crippen molar-refractivity contribution in [3.05, 3.63) is 29.3 Å². The molecule has 1 unspecified atom stereocenters. The molecule has 1 saturated heterocycles. The van der Waals surface area contributed by atoms with E-state index in [-0.39, 0.29) is 11.9 Å². The maximum Gasteiger partial charge on any atom is 0.222 e. The predicted octanol–water partition coefficient (Wildman–Crippen LogP) is 2.80. The molecule has 0 radical (unpaired) electrons. The molecule has 1 amide bonds. The fraction of sp³-hybridized carbons (Fsp3) is 0.611. The van der Waals surface area contributed by atoms with Crippen molar-refractivity contribution in [2.75, 3.05) is 19.7 Å². The van der Waals surface area contributed by atoms with Gasteiger partial charge in [0, 0.05) is 25.6 Å². The van der Waals surface area contributed by atoms with E-state index >= 15 is 0 Å². The van der Waals surface area contributed by atoms with Crippen molar-refractivity contribution in [2.45, 2.75) is 52.0 Å². The lowest BCUT2D eigenvalue weighted by atomic mass is 10.1. The topological polar surface area (TPSA) is 55.6 Å². The van der Waals surface area contributed by atoms with Gasteiger partial charge in [-0.3, -0.25) is 4.79 Å². The van der Waals surface area contributed by atoms with Crippen LogP contribution in [0.15, 0.2) is 18.2 Å². The van der Waals surface area contributed by atoms with Crippen molar-refractivity contribution in [1.82, 2.24) is 4.90 Å². The summed E-state index contributed by atoms with van der Waals surface area (Å²) in [6, 6.07) is 6.49. The number of rotatable bonds is 7. The number of hydrogen-bond acceptors (Lipinski definition) is 3. The number of hydrogen-bond donors (Lipinski definition) is 1. The Labute approximate surface area is 133 Å². The van der Waals surface area contributed by atoms with E-state index in [1.807, 2.05) is 4.90 Å². The number of unbranched alkanes of at least 4 members (excludes halogenated alkanes) is 1. The average Bonchev–Trinajstić information content (AvgIpc) is 2.98. The second-order valence-corrected chi connectivity index (χ2v) is 6.19. The van der Waals surface area contributed by atoms with Gasteiger partial charge in [-0.1, -0.05) is 12.1 Å². The molecule has 1 aromatic rings. The highest BCUT2D eigenvalue weighted by molar-refractivity contribution is 5.76. The average molecular weight is 304 g/mol. The molecule has 0 saturated carbocycles. The molecule has 1 aliphatic heterocycles. The minimum absolute atomic E-state index is 0.250. The normalized spacial score (nSPS) is 17.8. The molecule has 4 heteroatoms. The van der Waals surface area contributed by atoms with Crippen LogP contribution < -0.4 is 10.5 Å². The first-order valence-electron chi connectivity index (χ1n) is 8.31. The van der Waals surface area contributed by atoms with Crippen molar-refractivity contribution in [3.63, 3.8) is 0 Å². The molecule has 2 N–H and O–H groups in total. The van der Waals surface area contributed by atoms with Gasteiger partial charge in [-0.2, -0.15) is 0 Å². The van der Waals surface area contributed by atoms with Crippen LogP contribution in [0.2, 0.25) is 0 Å². The van der Waals surface area contributed by atoms with Crippen molar-refractivity contribution >= 4 is 5.91 Å². The van der Waals surface area contributed by atoms with Crippen molar-refractivity contribution in [1.29, 1.82) is 0 Å². The van der Waals surface area contributed by atoms with Crippen LogP contribution in [-0.4, -0.2) is 36.5 Å². The van der Waals surface area contributed by atoms with Gasteiger partial charge in [-0.05, 0) is 56.7 Å². The monoisotopic (exact) mass is 304 g/mol. The Morgan fingerprint density at radius 1 is 1.36 bits per heavy atom. The summed E-state index contributed by atoms with van der Waals surface area (Å²) in [7, 11) is 0. The molecule has 1 heterocycles. The van der Waals surface area contributed by atoms with Crippen LogP contribution in [0.25, 0.3) is 0 Å². The molecular weight excluding hydrogens is 276 g/mol. The van der Waals surface area contributed by atoms with Gasteiger partial charge >= 0.3 is 0 Å². The molecule has 0 aromatic heterocycles. The van der Waals surface area contributed by atoms with Crippen LogP contribution in [0.1, 0.15) is 43.2 Å². The van der Waals surface area contributed by atoms with Crippen LogP contribution in [0, 0.1) is 13.8 Å². The van der Waals surface area contributed by atoms with E-state index in [1.165, 1.54) is 5.56 Å². The SMILES string of the molecule is Cc1ccc(C)c(OCCCCC(=O)N2CCCC2CN)c1. The summed E-state index contributed by atoms with van der Waals surface area (Å²) in [6.45, 7) is 6.24. The number of nitrogens with zero attached hydrogens (tertiary/aromatic N) is 1. The molecule has 0 aliphatic carbocycles. The third kappa shape index (κ3) is 4.47. The van der Waals surface area contributed by atoms with Gasteiger partial charge in [0.05, 0.1) is 6.61 Å². The Hall–Kier alpha value is -1.55. The Morgan fingerprint density at radius 2 is 2.18 bits per heavy atom. The summed E-state index contributed by atoms with van der Waals surface area (Å²) in [5.74, 6) is 1.20. The van der Waals surface area contributed by atoms with Gasteiger partial charge in [0.25, 0.3) is 0 Å². The van der Waals surface area contributed by atoms with Crippen molar-refractivity contribution in [3.8, 4) is 5.75 Å². The standard InChI is InChI=1S/C18H28N2O2/c1-14-8-9-15(2)17(12-14)22-11-4-3-7-18(21)20-10-5-6-16(20)13-19/h8-9,12,16H,3-7,10-11,13,19H2,1-2H3. The first kappa shape index (κ1) is 16.8. The number of benzene rings is 1. The van der Waals surface area contributed by atoms with Crippen LogP contribution >= 0.6 is 0 Å². The largest absolute Gasteiger partial charge is 0.493 e. The van der Waals surface area contributed by atoms with Gasteiger partial charge in [-0.15, -0.1) is 0 Å². The third-order valence-corrected chi connectivity index (χ3v) is 4.36. The van der Waals surface area contributed by atoms with Gasteiger partial charge < -0.3 is 15.4 Å². The van der Waals surface area contributed by atoms with Crippen LogP contribution in [0.5, 0.6) is 5.75 Å². The Morgan fingerprint density at radius 3 is 2.95 bits per heavy atom. The molecule has 0 bridgehead atoms. The number of carbonyl (C=O) groups excluding carboxylic acids is 1. The highest BCUT2D eigenvalue weighted by Crippen LogP contribution is 2.20. The molecule has 22 heavy (non-hydrogen) atoms. The summed E-state index contributed by atoms with van der Waals surface area (Å²) in [5.41, 5.74) is 8.08. The quantitative estimate of drug-likeness (QED) is 0.788. The molecule has 1 atom stereocenters. The zero-order valence-corrected chi connectivity index (χ0v) is 13.8. The summed E-state index contributed by atoms with van der Waals surface area (Å²) in [5, 5.41) is 0. The minimum atomic E-state index is 0.250. The number of nitrogens with two attached hydrogens (primary N) is 1. The molecule has 1 fully saturated rings. The van der Waals surface area contributed by atoms with E-state index in [2.05, 4.69) is 32.0 Å². The molecular formula is C18H28N2O2. The molecule has 122 valence electrons. The Bertz CT molecular complexity index is 502. The summed E-state index contributed by atoms with van der Waals surface area (Å²) in [4.78, 5) is 14.1. The molecule has 1 aromatic carbocycles. The Balaban J connectivity index is 1.67. The molecule has 0 spiro atoms. The van der Waals surface area contributed by atoms with E-state index in [4.69, 9.17) is 10.5 Å². The van der Waals surface area contributed by atoms with E-state index in [9.17, 15) is 4.79 Å². The number of aryl methyl sites for hydroxylation is 2. The van der Waals surface area contributed by atoms with Gasteiger partial charge in [0.15, 0.2) is 0 Å². The first-order chi connectivity index (χ1) is 10.6. The third-order valence-electron chi connectivity index (χ3n) is 4.36. The van der Waals surface area contributed by atoms with Gasteiger partial charge in [0.1, 0.15) is 5.75 Å². The lowest BCUT2D eigenvalue weighted by molar-refractivity contribution is -0.132. The predicted molar refractivity (Wildman–Crippen MR) is 89.1 cm³/mol. The zero-order chi connectivity index (χ0) is 15.9. The molecule has 4 nitrogen and oxygen atoms in total. The highest BCUT2D eigenvalue weighted by atomic mass is 16.5. The smallest absolute Gasteiger partial charge is 0.222 e. The molecule has 1 aliphatic rings. The van der Waals surface area contributed by atoms with E-state index in [1.54, 1.807) is 0 Å². The van der Waals surface area contributed by atoms with Crippen LogP contribution in [-0.2, 0) is 4.79 Å². The highest BCUT2D eigenvalue weighted by Gasteiger charge is 2.26. The zero-order valence-electron chi connectivity index (χ0n) is 13.8. The second-order valence-electron chi connectivity index (χ2n) is 6.19. The van der Waals surface area contributed by atoms with Crippen molar-refractivity contribution in [2.24, 2.45) is 5.73 Å².